The number of benzene rings is 1. The average Bonchev–Trinajstić information content (AvgIpc) is 2.48. The number of ether oxygens (including phenoxy) is 1. The van der Waals surface area contributed by atoms with Crippen molar-refractivity contribution >= 4 is 40.8 Å². The summed E-state index contributed by atoms with van der Waals surface area (Å²) in [5.74, 6) is -1.18. The molecular weight excluding hydrogens is 317 g/mol. The summed E-state index contributed by atoms with van der Waals surface area (Å²) in [6.07, 6.45) is 2.56. The molecule has 0 radical (unpaired) electrons. The lowest BCUT2D eigenvalue weighted by Gasteiger charge is -2.09. The van der Waals surface area contributed by atoms with E-state index in [9.17, 15) is 9.59 Å². The lowest BCUT2D eigenvalue weighted by atomic mass is 10.1. The summed E-state index contributed by atoms with van der Waals surface area (Å²) in [6, 6.07) is 4.42. The first kappa shape index (κ1) is 15.2. The van der Waals surface area contributed by atoms with E-state index in [0.29, 0.717) is 5.02 Å². The Bertz CT molecular complexity index is 707. The van der Waals surface area contributed by atoms with Crippen LogP contribution < -0.4 is 5.32 Å². The standard InChI is InChI=1S/C13H9Cl2N3O3/c1-21-13(20)8-4-7(14)2-3-9(8)18-12(19)10-5-16-6-11(15)17-10/h2-6H,1H3,(H,18,19). The predicted molar refractivity (Wildman–Crippen MR) is 77.8 cm³/mol. The third-order valence-corrected chi connectivity index (χ3v) is 2.89. The van der Waals surface area contributed by atoms with Crippen molar-refractivity contribution in [3.05, 3.63) is 52.0 Å². The van der Waals surface area contributed by atoms with Gasteiger partial charge in [0.2, 0.25) is 0 Å². The van der Waals surface area contributed by atoms with Crippen LogP contribution in [0.5, 0.6) is 0 Å². The van der Waals surface area contributed by atoms with Crippen LogP contribution in [0.25, 0.3) is 0 Å². The van der Waals surface area contributed by atoms with Crippen molar-refractivity contribution in [2.24, 2.45) is 0 Å². The minimum absolute atomic E-state index is 0.0215. The quantitative estimate of drug-likeness (QED) is 0.877. The molecular formula is C13H9Cl2N3O3. The van der Waals surface area contributed by atoms with E-state index in [1.54, 1.807) is 0 Å². The molecule has 0 bridgehead atoms. The minimum Gasteiger partial charge on any atom is -0.465 e. The van der Waals surface area contributed by atoms with Crippen molar-refractivity contribution in [3.63, 3.8) is 0 Å². The normalized spacial score (nSPS) is 10.0. The van der Waals surface area contributed by atoms with Gasteiger partial charge in [0.05, 0.1) is 30.8 Å². The maximum absolute atomic E-state index is 12.1. The molecule has 0 aliphatic carbocycles. The molecule has 0 saturated heterocycles. The second-order valence-electron chi connectivity index (χ2n) is 3.86. The molecule has 0 atom stereocenters. The van der Waals surface area contributed by atoms with Gasteiger partial charge in [-0.1, -0.05) is 23.2 Å². The minimum atomic E-state index is -0.620. The van der Waals surface area contributed by atoms with Gasteiger partial charge in [0, 0.05) is 5.02 Å². The number of nitrogens with zero attached hydrogens (tertiary/aromatic N) is 2. The predicted octanol–water partition coefficient (Wildman–Crippen LogP) is 2.82. The van der Waals surface area contributed by atoms with Crippen LogP contribution in [-0.4, -0.2) is 29.0 Å². The Morgan fingerprint density at radius 2 is 2.00 bits per heavy atom. The largest absolute Gasteiger partial charge is 0.465 e. The van der Waals surface area contributed by atoms with Gasteiger partial charge in [0.1, 0.15) is 10.8 Å². The second-order valence-corrected chi connectivity index (χ2v) is 4.69. The lowest BCUT2D eigenvalue weighted by Crippen LogP contribution is -2.17. The molecule has 2 aromatic rings. The summed E-state index contributed by atoms with van der Waals surface area (Å²) in [6.45, 7) is 0. The van der Waals surface area contributed by atoms with Crippen molar-refractivity contribution in [1.29, 1.82) is 0 Å². The molecule has 0 saturated carbocycles. The SMILES string of the molecule is COC(=O)c1cc(Cl)ccc1NC(=O)c1cncc(Cl)n1. The van der Waals surface area contributed by atoms with Crippen molar-refractivity contribution in [2.45, 2.75) is 0 Å². The van der Waals surface area contributed by atoms with E-state index in [-0.39, 0.29) is 22.1 Å². The Labute approximate surface area is 130 Å². The zero-order valence-electron chi connectivity index (χ0n) is 10.8. The molecule has 0 aliphatic rings. The van der Waals surface area contributed by atoms with Gasteiger partial charge in [-0.25, -0.2) is 9.78 Å². The zero-order chi connectivity index (χ0) is 15.4. The fourth-order valence-corrected chi connectivity index (χ4v) is 1.86. The maximum atomic E-state index is 12.1. The van der Waals surface area contributed by atoms with Gasteiger partial charge in [-0.05, 0) is 18.2 Å². The molecule has 21 heavy (non-hydrogen) atoms. The number of amides is 1. The molecule has 8 heteroatoms. The highest BCUT2D eigenvalue weighted by Gasteiger charge is 2.16. The molecule has 1 N–H and O–H groups in total. The molecule has 0 aliphatic heterocycles. The second kappa shape index (κ2) is 6.51. The van der Waals surface area contributed by atoms with Gasteiger partial charge >= 0.3 is 5.97 Å². The van der Waals surface area contributed by atoms with Crippen LogP contribution in [0.3, 0.4) is 0 Å². The highest BCUT2D eigenvalue weighted by atomic mass is 35.5. The first-order chi connectivity index (χ1) is 10.0. The van der Waals surface area contributed by atoms with Gasteiger partial charge in [0.25, 0.3) is 5.91 Å². The number of esters is 1. The van der Waals surface area contributed by atoms with Crippen LogP contribution in [-0.2, 0) is 4.74 Å². The zero-order valence-corrected chi connectivity index (χ0v) is 12.3. The molecule has 1 heterocycles. The monoisotopic (exact) mass is 325 g/mol. The number of nitrogens with one attached hydrogen (secondary N) is 1. The van der Waals surface area contributed by atoms with E-state index in [1.807, 2.05) is 0 Å². The van der Waals surface area contributed by atoms with Crippen LogP contribution in [0.15, 0.2) is 30.6 Å². The summed E-state index contributed by atoms with van der Waals surface area (Å²) in [5, 5.41) is 2.97. The molecule has 1 amide bonds. The third kappa shape index (κ3) is 3.68. The molecule has 0 spiro atoms. The van der Waals surface area contributed by atoms with Crippen molar-refractivity contribution < 1.29 is 14.3 Å². The fraction of sp³-hybridized carbons (Fsp3) is 0.0769. The van der Waals surface area contributed by atoms with Gasteiger partial charge in [-0.15, -0.1) is 0 Å². The highest BCUT2D eigenvalue weighted by molar-refractivity contribution is 6.31. The van der Waals surface area contributed by atoms with E-state index >= 15 is 0 Å². The van der Waals surface area contributed by atoms with E-state index < -0.39 is 11.9 Å². The van der Waals surface area contributed by atoms with Crippen LogP contribution in [0.2, 0.25) is 10.2 Å². The fourth-order valence-electron chi connectivity index (χ4n) is 1.54. The Morgan fingerprint density at radius 3 is 2.67 bits per heavy atom. The lowest BCUT2D eigenvalue weighted by molar-refractivity contribution is 0.0602. The smallest absolute Gasteiger partial charge is 0.340 e. The number of carbonyl (C=O) groups excluding carboxylic acids is 2. The van der Waals surface area contributed by atoms with Crippen LogP contribution in [0.4, 0.5) is 5.69 Å². The number of hydrogen-bond donors (Lipinski definition) is 1. The summed E-state index contributed by atoms with van der Waals surface area (Å²) >= 11 is 11.5. The number of hydrogen-bond acceptors (Lipinski definition) is 5. The van der Waals surface area contributed by atoms with Gasteiger partial charge in [0.15, 0.2) is 0 Å². The van der Waals surface area contributed by atoms with E-state index in [0.717, 1.165) is 0 Å². The van der Waals surface area contributed by atoms with E-state index in [2.05, 4.69) is 20.0 Å². The number of anilines is 1. The Balaban J connectivity index is 2.31. The first-order valence-corrected chi connectivity index (χ1v) is 6.43. The topological polar surface area (TPSA) is 81.2 Å². The van der Waals surface area contributed by atoms with Crippen LogP contribution in [0.1, 0.15) is 20.8 Å². The molecule has 0 unspecified atom stereocenters. The van der Waals surface area contributed by atoms with Crippen molar-refractivity contribution in [2.75, 3.05) is 12.4 Å². The number of rotatable bonds is 3. The summed E-state index contributed by atoms with van der Waals surface area (Å²) in [4.78, 5) is 31.3. The summed E-state index contributed by atoms with van der Waals surface area (Å²) in [5.41, 5.74) is 0.402. The van der Waals surface area contributed by atoms with Gasteiger partial charge in [-0.2, -0.15) is 0 Å². The van der Waals surface area contributed by atoms with Gasteiger partial charge in [-0.3, -0.25) is 9.78 Å². The average molecular weight is 326 g/mol. The Morgan fingerprint density at radius 1 is 1.24 bits per heavy atom. The van der Waals surface area contributed by atoms with Crippen LogP contribution >= 0.6 is 23.2 Å². The summed E-state index contributed by atoms with van der Waals surface area (Å²) < 4.78 is 4.64. The molecule has 108 valence electrons. The number of aromatic nitrogens is 2. The number of carbonyl (C=O) groups is 2. The highest BCUT2D eigenvalue weighted by Crippen LogP contribution is 2.22. The van der Waals surface area contributed by atoms with Crippen molar-refractivity contribution in [1.82, 2.24) is 9.97 Å². The molecule has 0 fully saturated rings. The molecule has 1 aromatic carbocycles. The molecule has 6 nitrogen and oxygen atoms in total. The number of methoxy groups -OCH3 is 1. The first-order valence-electron chi connectivity index (χ1n) is 5.68. The Hall–Kier alpha value is -2.18. The molecule has 1 aromatic heterocycles. The van der Waals surface area contributed by atoms with Crippen molar-refractivity contribution in [3.8, 4) is 0 Å². The van der Waals surface area contributed by atoms with Gasteiger partial charge < -0.3 is 10.1 Å². The summed E-state index contributed by atoms with van der Waals surface area (Å²) in [7, 11) is 1.23. The Kier molecular flexibility index (Phi) is 4.72. The van der Waals surface area contributed by atoms with E-state index in [4.69, 9.17) is 23.2 Å². The molecule has 2 rings (SSSR count). The van der Waals surface area contributed by atoms with E-state index in [1.165, 1.54) is 37.7 Å². The maximum Gasteiger partial charge on any atom is 0.340 e. The third-order valence-electron chi connectivity index (χ3n) is 2.47. The van der Waals surface area contributed by atoms with Crippen LogP contribution in [0, 0.1) is 0 Å². The number of halogens is 2.